The number of hydrogen-bond donors (Lipinski definition) is 1. The molecule has 20 heavy (non-hydrogen) atoms. The average Bonchev–Trinajstić information content (AvgIpc) is 2.41. The number of benzene rings is 1. The highest BCUT2D eigenvalue weighted by molar-refractivity contribution is 5.43. The van der Waals surface area contributed by atoms with Gasteiger partial charge >= 0.3 is 0 Å². The molecule has 0 spiro atoms. The lowest BCUT2D eigenvalue weighted by molar-refractivity contribution is 0.199. The summed E-state index contributed by atoms with van der Waals surface area (Å²) in [5, 5.41) is 3.38. The van der Waals surface area contributed by atoms with E-state index in [0.717, 1.165) is 31.9 Å². The van der Waals surface area contributed by atoms with Gasteiger partial charge in [0.1, 0.15) is 5.75 Å². The predicted molar refractivity (Wildman–Crippen MR) is 84.8 cm³/mol. The molecule has 0 radical (unpaired) electrons. The SMILES string of the molecule is COCCNCCCCCc1cc(C)c(OC)c(C)c1. The Bertz CT molecular complexity index is 368. The molecule has 114 valence electrons. The van der Waals surface area contributed by atoms with Crippen LogP contribution in [0.2, 0.25) is 0 Å². The van der Waals surface area contributed by atoms with Gasteiger partial charge in [-0.15, -0.1) is 0 Å². The van der Waals surface area contributed by atoms with Crippen molar-refractivity contribution in [3.05, 3.63) is 28.8 Å². The maximum atomic E-state index is 5.40. The maximum absolute atomic E-state index is 5.40. The van der Waals surface area contributed by atoms with Crippen LogP contribution < -0.4 is 10.1 Å². The highest BCUT2D eigenvalue weighted by Crippen LogP contribution is 2.25. The third-order valence-corrected chi connectivity index (χ3v) is 3.53. The minimum absolute atomic E-state index is 0.796. The molecule has 0 fully saturated rings. The summed E-state index contributed by atoms with van der Waals surface area (Å²) in [7, 11) is 3.48. The van der Waals surface area contributed by atoms with Gasteiger partial charge in [0.2, 0.25) is 0 Å². The third kappa shape index (κ3) is 5.93. The smallest absolute Gasteiger partial charge is 0.124 e. The van der Waals surface area contributed by atoms with E-state index in [1.165, 1.54) is 36.0 Å². The molecule has 1 aromatic rings. The first-order valence-corrected chi connectivity index (χ1v) is 7.52. The number of aryl methyl sites for hydroxylation is 3. The normalized spacial score (nSPS) is 10.8. The molecule has 0 aliphatic rings. The zero-order valence-corrected chi connectivity index (χ0v) is 13.4. The first-order valence-electron chi connectivity index (χ1n) is 7.52. The van der Waals surface area contributed by atoms with E-state index in [2.05, 4.69) is 31.3 Å². The molecular weight excluding hydrogens is 250 g/mol. The van der Waals surface area contributed by atoms with Crippen LogP contribution in [0.15, 0.2) is 12.1 Å². The Kier molecular flexibility index (Phi) is 8.31. The molecule has 0 aliphatic carbocycles. The quantitative estimate of drug-likeness (QED) is 0.667. The van der Waals surface area contributed by atoms with E-state index in [9.17, 15) is 0 Å². The van der Waals surface area contributed by atoms with Crippen molar-refractivity contribution >= 4 is 0 Å². The third-order valence-electron chi connectivity index (χ3n) is 3.53. The van der Waals surface area contributed by atoms with Crippen molar-refractivity contribution in [1.82, 2.24) is 5.32 Å². The van der Waals surface area contributed by atoms with Crippen molar-refractivity contribution in [3.63, 3.8) is 0 Å². The monoisotopic (exact) mass is 279 g/mol. The number of methoxy groups -OCH3 is 2. The van der Waals surface area contributed by atoms with Crippen LogP contribution in [0, 0.1) is 13.8 Å². The second kappa shape index (κ2) is 9.78. The number of rotatable bonds is 10. The standard InChI is InChI=1S/C17H29NO2/c1-14-12-16(13-15(2)17(14)20-4)8-6-5-7-9-18-10-11-19-3/h12-13,18H,5-11H2,1-4H3. The van der Waals surface area contributed by atoms with Gasteiger partial charge in [0, 0.05) is 13.7 Å². The summed E-state index contributed by atoms with van der Waals surface area (Å²) >= 11 is 0. The van der Waals surface area contributed by atoms with Gasteiger partial charge in [-0.25, -0.2) is 0 Å². The van der Waals surface area contributed by atoms with E-state index in [1.807, 2.05) is 0 Å². The lowest BCUT2D eigenvalue weighted by Crippen LogP contribution is -2.20. The molecule has 0 saturated heterocycles. The van der Waals surface area contributed by atoms with Gasteiger partial charge in [0.15, 0.2) is 0 Å². The Balaban J connectivity index is 2.22. The number of ether oxygens (including phenoxy) is 2. The molecule has 0 bridgehead atoms. The van der Waals surface area contributed by atoms with E-state index in [-0.39, 0.29) is 0 Å². The van der Waals surface area contributed by atoms with E-state index < -0.39 is 0 Å². The van der Waals surface area contributed by atoms with Crippen molar-refractivity contribution in [2.24, 2.45) is 0 Å². The van der Waals surface area contributed by atoms with Crippen molar-refractivity contribution in [1.29, 1.82) is 0 Å². The molecule has 1 N–H and O–H groups in total. The Morgan fingerprint density at radius 3 is 2.25 bits per heavy atom. The van der Waals surface area contributed by atoms with Gasteiger partial charge in [0.05, 0.1) is 13.7 Å². The second-order valence-corrected chi connectivity index (χ2v) is 5.32. The molecule has 0 aliphatic heterocycles. The number of hydrogen-bond acceptors (Lipinski definition) is 3. The van der Waals surface area contributed by atoms with E-state index in [1.54, 1.807) is 14.2 Å². The molecule has 1 aromatic carbocycles. The molecule has 0 unspecified atom stereocenters. The summed E-state index contributed by atoms with van der Waals surface area (Å²) in [4.78, 5) is 0. The molecule has 0 saturated carbocycles. The summed E-state index contributed by atoms with van der Waals surface area (Å²) < 4.78 is 10.4. The highest BCUT2D eigenvalue weighted by Gasteiger charge is 2.04. The van der Waals surface area contributed by atoms with Crippen molar-refractivity contribution in [2.45, 2.75) is 39.5 Å². The fraction of sp³-hybridized carbons (Fsp3) is 0.647. The molecule has 0 amide bonds. The first-order chi connectivity index (χ1) is 9.69. The Hall–Kier alpha value is -1.06. The average molecular weight is 279 g/mol. The van der Waals surface area contributed by atoms with E-state index >= 15 is 0 Å². The fourth-order valence-corrected chi connectivity index (χ4v) is 2.56. The van der Waals surface area contributed by atoms with Crippen molar-refractivity contribution in [3.8, 4) is 5.75 Å². The van der Waals surface area contributed by atoms with Crippen LogP contribution in [0.25, 0.3) is 0 Å². The Morgan fingerprint density at radius 2 is 1.65 bits per heavy atom. The summed E-state index contributed by atoms with van der Waals surface area (Å²) in [5.74, 6) is 1.02. The van der Waals surface area contributed by atoms with Gasteiger partial charge in [-0.3, -0.25) is 0 Å². The maximum Gasteiger partial charge on any atom is 0.124 e. The lowest BCUT2D eigenvalue weighted by atomic mass is 10.0. The van der Waals surface area contributed by atoms with E-state index in [4.69, 9.17) is 9.47 Å². The van der Waals surface area contributed by atoms with Gasteiger partial charge in [-0.2, -0.15) is 0 Å². The van der Waals surface area contributed by atoms with Gasteiger partial charge in [-0.05, 0) is 56.3 Å². The highest BCUT2D eigenvalue weighted by atomic mass is 16.5. The molecule has 0 heterocycles. The van der Waals surface area contributed by atoms with E-state index in [0.29, 0.717) is 0 Å². The first kappa shape index (κ1) is 17.0. The molecule has 3 nitrogen and oxygen atoms in total. The van der Waals surface area contributed by atoms with Crippen LogP contribution in [0.1, 0.15) is 36.0 Å². The van der Waals surface area contributed by atoms with Crippen LogP contribution in [-0.4, -0.2) is 33.9 Å². The molecule has 3 heteroatoms. The molecular formula is C17H29NO2. The largest absolute Gasteiger partial charge is 0.496 e. The Labute approximate surface area is 123 Å². The fourth-order valence-electron chi connectivity index (χ4n) is 2.56. The summed E-state index contributed by atoms with van der Waals surface area (Å²) in [5.41, 5.74) is 3.90. The predicted octanol–water partition coefficient (Wildman–Crippen LogP) is 3.26. The van der Waals surface area contributed by atoms with Gasteiger partial charge in [-0.1, -0.05) is 18.6 Å². The summed E-state index contributed by atoms with van der Waals surface area (Å²) in [6, 6.07) is 4.51. The lowest BCUT2D eigenvalue weighted by Gasteiger charge is -2.11. The zero-order valence-electron chi connectivity index (χ0n) is 13.4. The molecule has 0 atom stereocenters. The number of unbranched alkanes of at least 4 members (excludes halogenated alkanes) is 2. The topological polar surface area (TPSA) is 30.5 Å². The minimum atomic E-state index is 0.796. The van der Waals surface area contributed by atoms with Crippen LogP contribution in [-0.2, 0) is 11.2 Å². The minimum Gasteiger partial charge on any atom is -0.496 e. The summed E-state index contributed by atoms with van der Waals surface area (Å²) in [6.07, 6.45) is 4.91. The van der Waals surface area contributed by atoms with Crippen LogP contribution in [0.3, 0.4) is 0 Å². The van der Waals surface area contributed by atoms with Gasteiger partial charge < -0.3 is 14.8 Å². The van der Waals surface area contributed by atoms with Crippen molar-refractivity contribution < 1.29 is 9.47 Å². The molecule has 0 aromatic heterocycles. The van der Waals surface area contributed by atoms with Crippen LogP contribution in [0.5, 0.6) is 5.75 Å². The van der Waals surface area contributed by atoms with Crippen LogP contribution >= 0.6 is 0 Å². The van der Waals surface area contributed by atoms with Crippen LogP contribution in [0.4, 0.5) is 0 Å². The summed E-state index contributed by atoms with van der Waals surface area (Å²) in [6.45, 7) is 7.08. The molecule has 1 rings (SSSR count). The second-order valence-electron chi connectivity index (χ2n) is 5.32. The Morgan fingerprint density at radius 1 is 0.950 bits per heavy atom. The van der Waals surface area contributed by atoms with Crippen molar-refractivity contribution in [2.75, 3.05) is 33.9 Å². The van der Waals surface area contributed by atoms with Gasteiger partial charge in [0.25, 0.3) is 0 Å². The number of nitrogens with one attached hydrogen (secondary N) is 1. The zero-order chi connectivity index (χ0) is 14.8.